The van der Waals surface area contributed by atoms with Gasteiger partial charge in [0.15, 0.2) is 5.58 Å². The number of aliphatic hydroxyl groups is 1. The first-order valence-corrected chi connectivity index (χ1v) is 5.94. The van der Waals surface area contributed by atoms with Crippen molar-refractivity contribution in [2.24, 2.45) is 0 Å². The van der Waals surface area contributed by atoms with E-state index in [-0.39, 0.29) is 0 Å². The van der Waals surface area contributed by atoms with Gasteiger partial charge in [0, 0.05) is 10.4 Å². The zero-order chi connectivity index (χ0) is 11.7. The van der Waals surface area contributed by atoms with Crippen LogP contribution in [0, 0.1) is 0 Å². The fraction of sp³-hybridized carbons (Fsp3) is 0.333. The monoisotopic (exact) mass is 258 g/mol. The van der Waals surface area contributed by atoms with Gasteiger partial charge in [0.05, 0.1) is 5.02 Å². The van der Waals surface area contributed by atoms with Crippen LogP contribution in [0.15, 0.2) is 22.6 Å². The number of hydrogen-bond donors (Lipinski definition) is 1. The number of halogens is 2. The second kappa shape index (κ2) is 4.66. The number of rotatable bonds is 3. The molecule has 2 nitrogen and oxygen atoms in total. The summed E-state index contributed by atoms with van der Waals surface area (Å²) in [5.41, 5.74) is 0.580. The number of fused-ring (bicyclic) bond motifs is 1. The normalized spacial score (nSPS) is 13.2. The standard InChI is InChI=1S/C12H12Cl2O2/c1-2-3-10(15)11-5-7-4-8(13)6-9(14)12(7)16-11/h4-6,10,15H,2-3H2,1H3. The van der Waals surface area contributed by atoms with E-state index in [0.717, 1.165) is 11.8 Å². The maximum absolute atomic E-state index is 9.81. The number of aliphatic hydroxyl groups excluding tert-OH is 1. The third kappa shape index (κ3) is 2.19. The maximum atomic E-state index is 9.81. The molecule has 16 heavy (non-hydrogen) atoms. The predicted molar refractivity (Wildman–Crippen MR) is 66.1 cm³/mol. The molecule has 0 fully saturated rings. The lowest BCUT2D eigenvalue weighted by Gasteiger charge is -2.03. The number of benzene rings is 1. The number of hydrogen-bond acceptors (Lipinski definition) is 2. The van der Waals surface area contributed by atoms with E-state index in [1.165, 1.54) is 0 Å². The van der Waals surface area contributed by atoms with Gasteiger partial charge in [-0.05, 0) is 24.6 Å². The highest BCUT2D eigenvalue weighted by Crippen LogP contribution is 2.33. The van der Waals surface area contributed by atoms with Crippen molar-refractivity contribution in [3.05, 3.63) is 34.0 Å². The average Bonchev–Trinajstić information content (AvgIpc) is 2.62. The van der Waals surface area contributed by atoms with Crippen molar-refractivity contribution >= 4 is 34.2 Å². The molecule has 1 unspecified atom stereocenters. The van der Waals surface area contributed by atoms with Gasteiger partial charge in [-0.3, -0.25) is 0 Å². The molecule has 1 aromatic heterocycles. The van der Waals surface area contributed by atoms with E-state index in [0.29, 0.717) is 27.8 Å². The van der Waals surface area contributed by atoms with Crippen LogP contribution >= 0.6 is 23.2 Å². The third-order valence-corrected chi connectivity index (χ3v) is 2.94. The molecule has 0 aliphatic rings. The zero-order valence-electron chi connectivity index (χ0n) is 8.84. The summed E-state index contributed by atoms with van der Waals surface area (Å²) in [6.07, 6.45) is 0.991. The molecule has 1 aromatic carbocycles. The molecule has 86 valence electrons. The minimum Gasteiger partial charge on any atom is -0.457 e. The Hall–Kier alpha value is -0.700. The Bertz CT molecular complexity index is 505. The fourth-order valence-corrected chi connectivity index (χ4v) is 2.22. The molecule has 1 atom stereocenters. The van der Waals surface area contributed by atoms with Crippen LogP contribution in [-0.2, 0) is 0 Å². The number of furan rings is 1. The predicted octanol–water partition coefficient (Wildman–Crippen LogP) is 4.57. The van der Waals surface area contributed by atoms with Crippen LogP contribution in [0.2, 0.25) is 10.0 Å². The first kappa shape index (κ1) is 11.8. The highest BCUT2D eigenvalue weighted by atomic mass is 35.5. The van der Waals surface area contributed by atoms with Crippen molar-refractivity contribution < 1.29 is 9.52 Å². The third-order valence-electron chi connectivity index (χ3n) is 2.45. The Morgan fingerprint density at radius 2 is 2.06 bits per heavy atom. The lowest BCUT2D eigenvalue weighted by Crippen LogP contribution is -1.93. The Kier molecular flexibility index (Phi) is 3.43. The second-order valence-corrected chi connectivity index (χ2v) is 4.60. The van der Waals surface area contributed by atoms with Crippen molar-refractivity contribution in [1.29, 1.82) is 0 Å². The first-order chi connectivity index (χ1) is 7.61. The van der Waals surface area contributed by atoms with Crippen molar-refractivity contribution in [3.8, 4) is 0 Å². The zero-order valence-corrected chi connectivity index (χ0v) is 10.3. The van der Waals surface area contributed by atoms with Crippen LogP contribution in [0.4, 0.5) is 0 Å². The Balaban J connectivity index is 2.47. The molecule has 0 spiro atoms. The smallest absolute Gasteiger partial charge is 0.153 e. The van der Waals surface area contributed by atoms with Crippen LogP contribution in [-0.4, -0.2) is 5.11 Å². The molecule has 1 N–H and O–H groups in total. The van der Waals surface area contributed by atoms with Crippen molar-refractivity contribution in [1.82, 2.24) is 0 Å². The summed E-state index contributed by atoms with van der Waals surface area (Å²) in [5, 5.41) is 11.7. The molecule has 0 amide bonds. The molecular weight excluding hydrogens is 247 g/mol. The highest BCUT2D eigenvalue weighted by Gasteiger charge is 2.14. The SMILES string of the molecule is CCCC(O)c1cc2cc(Cl)cc(Cl)c2o1. The lowest BCUT2D eigenvalue weighted by atomic mass is 10.1. The fourth-order valence-electron chi connectivity index (χ4n) is 1.68. The van der Waals surface area contributed by atoms with Crippen LogP contribution in [0.25, 0.3) is 11.0 Å². The summed E-state index contributed by atoms with van der Waals surface area (Å²) in [6, 6.07) is 5.19. The summed E-state index contributed by atoms with van der Waals surface area (Å²) in [6.45, 7) is 2.01. The molecule has 2 rings (SSSR count). The lowest BCUT2D eigenvalue weighted by molar-refractivity contribution is 0.141. The van der Waals surface area contributed by atoms with Gasteiger partial charge >= 0.3 is 0 Å². The van der Waals surface area contributed by atoms with Gasteiger partial charge in [-0.2, -0.15) is 0 Å². The van der Waals surface area contributed by atoms with Crippen LogP contribution in [0.1, 0.15) is 31.6 Å². The highest BCUT2D eigenvalue weighted by molar-refractivity contribution is 6.38. The summed E-state index contributed by atoms with van der Waals surface area (Å²) in [4.78, 5) is 0. The molecule has 0 saturated heterocycles. The molecule has 4 heteroatoms. The van der Waals surface area contributed by atoms with E-state index in [1.807, 2.05) is 6.92 Å². The average molecular weight is 259 g/mol. The second-order valence-electron chi connectivity index (χ2n) is 3.76. The van der Waals surface area contributed by atoms with E-state index in [4.69, 9.17) is 27.6 Å². The van der Waals surface area contributed by atoms with E-state index < -0.39 is 6.10 Å². The molecule has 0 aliphatic heterocycles. The summed E-state index contributed by atoms with van der Waals surface area (Å²) in [5.74, 6) is 0.543. The van der Waals surface area contributed by atoms with Gasteiger partial charge in [0.2, 0.25) is 0 Å². The van der Waals surface area contributed by atoms with Crippen LogP contribution in [0.5, 0.6) is 0 Å². The Morgan fingerprint density at radius 3 is 2.75 bits per heavy atom. The minimum absolute atomic E-state index is 0.470. The minimum atomic E-state index is -0.577. The van der Waals surface area contributed by atoms with Gasteiger partial charge in [-0.15, -0.1) is 0 Å². The molecule has 2 aromatic rings. The molecule has 0 saturated carbocycles. The van der Waals surface area contributed by atoms with E-state index in [2.05, 4.69) is 0 Å². The van der Waals surface area contributed by atoms with E-state index in [1.54, 1.807) is 18.2 Å². The van der Waals surface area contributed by atoms with Gasteiger partial charge in [-0.1, -0.05) is 36.5 Å². The summed E-state index contributed by atoms with van der Waals surface area (Å²) < 4.78 is 5.53. The van der Waals surface area contributed by atoms with Crippen LogP contribution < -0.4 is 0 Å². The van der Waals surface area contributed by atoms with Gasteiger partial charge < -0.3 is 9.52 Å². The summed E-state index contributed by atoms with van der Waals surface area (Å²) >= 11 is 11.9. The molecule has 1 heterocycles. The van der Waals surface area contributed by atoms with Gasteiger partial charge in [0.25, 0.3) is 0 Å². The largest absolute Gasteiger partial charge is 0.457 e. The molecule has 0 bridgehead atoms. The molecule has 0 aliphatic carbocycles. The topological polar surface area (TPSA) is 33.4 Å². The van der Waals surface area contributed by atoms with Gasteiger partial charge in [-0.25, -0.2) is 0 Å². The van der Waals surface area contributed by atoms with Crippen molar-refractivity contribution in [3.63, 3.8) is 0 Å². The van der Waals surface area contributed by atoms with E-state index in [9.17, 15) is 5.11 Å². The van der Waals surface area contributed by atoms with Gasteiger partial charge in [0.1, 0.15) is 11.9 Å². The molecular formula is C12H12Cl2O2. The van der Waals surface area contributed by atoms with Crippen LogP contribution in [0.3, 0.4) is 0 Å². The first-order valence-electron chi connectivity index (χ1n) is 5.18. The maximum Gasteiger partial charge on any atom is 0.153 e. The van der Waals surface area contributed by atoms with E-state index >= 15 is 0 Å². The molecule has 0 radical (unpaired) electrons. The van der Waals surface area contributed by atoms with Crippen molar-refractivity contribution in [2.75, 3.05) is 0 Å². The Morgan fingerprint density at radius 1 is 1.31 bits per heavy atom. The van der Waals surface area contributed by atoms with Crippen molar-refractivity contribution in [2.45, 2.75) is 25.9 Å². The summed E-state index contributed by atoms with van der Waals surface area (Å²) in [7, 11) is 0. The Labute approximate surface area is 104 Å². The quantitative estimate of drug-likeness (QED) is 0.875.